The van der Waals surface area contributed by atoms with Gasteiger partial charge in [0.15, 0.2) is 0 Å². The number of nitrogens with two attached hydrogens (primary N) is 1. The van der Waals surface area contributed by atoms with Crippen LogP contribution in [0, 0.1) is 25.7 Å². The van der Waals surface area contributed by atoms with E-state index in [1.165, 1.54) is 5.56 Å². The summed E-state index contributed by atoms with van der Waals surface area (Å²) in [5, 5.41) is 7.38. The molecule has 3 heterocycles. The van der Waals surface area contributed by atoms with Crippen molar-refractivity contribution in [3.8, 4) is 0 Å². The molecule has 2 aliphatic rings. The number of amides is 2. The number of pyridine rings is 1. The molecule has 3 unspecified atom stereocenters. The van der Waals surface area contributed by atoms with E-state index in [-0.39, 0.29) is 11.9 Å². The van der Waals surface area contributed by atoms with E-state index in [1.54, 1.807) is 23.1 Å². The van der Waals surface area contributed by atoms with Crippen molar-refractivity contribution in [2.75, 3.05) is 12.3 Å². The molecular weight excluding hydrogens is 428 g/mol. The largest absolute Gasteiger partial charge is 0.384 e. The van der Waals surface area contributed by atoms with Gasteiger partial charge < -0.3 is 16.0 Å². The zero-order chi connectivity index (χ0) is 24.0. The molecule has 0 bridgehead atoms. The van der Waals surface area contributed by atoms with Gasteiger partial charge in [0.2, 0.25) is 5.91 Å². The van der Waals surface area contributed by atoms with E-state index in [2.05, 4.69) is 40.5 Å². The average molecular weight is 459 g/mol. The first-order chi connectivity index (χ1) is 16.3. The lowest BCUT2D eigenvalue weighted by molar-refractivity contribution is -0.130. The summed E-state index contributed by atoms with van der Waals surface area (Å²) in [5.74, 6) is 1.47. The van der Waals surface area contributed by atoms with Gasteiger partial charge in [0.25, 0.3) is 5.91 Å². The van der Waals surface area contributed by atoms with Crippen LogP contribution < -0.4 is 11.1 Å². The molecule has 1 saturated carbocycles. The minimum absolute atomic E-state index is 0.185. The zero-order valence-corrected chi connectivity index (χ0v) is 19.8. The van der Waals surface area contributed by atoms with E-state index in [0.717, 1.165) is 35.3 Å². The van der Waals surface area contributed by atoms with Crippen molar-refractivity contribution in [3.05, 3.63) is 76.2 Å². The SMILES string of the molecule is Cc1cc(Cn2cc(C(=O)NC(C)c3ccc(N)nc3C)cn2)ccc1CN1CC2CC2C1=O. The number of hydrogen-bond acceptors (Lipinski definition) is 5. The van der Waals surface area contributed by atoms with Crippen LogP contribution >= 0.6 is 0 Å². The Bertz CT molecular complexity index is 1270. The predicted octanol–water partition coefficient (Wildman–Crippen LogP) is 2.99. The topological polar surface area (TPSA) is 106 Å². The Kier molecular flexibility index (Phi) is 5.59. The number of hydrogen-bond donors (Lipinski definition) is 2. The second kappa shape index (κ2) is 8.59. The quantitative estimate of drug-likeness (QED) is 0.566. The number of piperidine rings is 1. The van der Waals surface area contributed by atoms with Crippen LogP contribution in [0.4, 0.5) is 5.82 Å². The molecule has 176 valence electrons. The van der Waals surface area contributed by atoms with Crippen LogP contribution in [-0.4, -0.2) is 38.0 Å². The van der Waals surface area contributed by atoms with Crippen molar-refractivity contribution in [2.45, 2.75) is 46.3 Å². The summed E-state index contributed by atoms with van der Waals surface area (Å²) in [5.41, 5.74) is 11.4. The van der Waals surface area contributed by atoms with Crippen LogP contribution in [0.25, 0.3) is 0 Å². The Morgan fingerprint density at radius 2 is 2.06 bits per heavy atom. The Morgan fingerprint density at radius 3 is 2.76 bits per heavy atom. The summed E-state index contributed by atoms with van der Waals surface area (Å²) in [6.45, 7) is 8.03. The van der Waals surface area contributed by atoms with Gasteiger partial charge in [0, 0.05) is 30.9 Å². The van der Waals surface area contributed by atoms with Crippen molar-refractivity contribution >= 4 is 17.6 Å². The predicted molar refractivity (Wildman–Crippen MR) is 129 cm³/mol. The first-order valence-corrected chi connectivity index (χ1v) is 11.7. The number of rotatable bonds is 7. The smallest absolute Gasteiger partial charge is 0.254 e. The maximum Gasteiger partial charge on any atom is 0.254 e. The number of aryl methyl sites for hydroxylation is 2. The van der Waals surface area contributed by atoms with Gasteiger partial charge in [-0.3, -0.25) is 14.3 Å². The Balaban J connectivity index is 1.20. The summed E-state index contributed by atoms with van der Waals surface area (Å²) in [6, 6.07) is 9.74. The van der Waals surface area contributed by atoms with Crippen molar-refractivity contribution in [1.82, 2.24) is 25.0 Å². The molecule has 3 atom stereocenters. The Hall–Kier alpha value is -3.68. The van der Waals surface area contributed by atoms with E-state index in [9.17, 15) is 9.59 Å². The Morgan fingerprint density at radius 1 is 1.24 bits per heavy atom. The van der Waals surface area contributed by atoms with Crippen LogP contribution in [0.3, 0.4) is 0 Å². The average Bonchev–Trinajstić information content (AvgIpc) is 3.28. The summed E-state index contributed by atoms with van der Waals surface area (Å²) >= 11 is 0. The third kappa shape index (κ3) is 4.40. The van der Waals surface area contributed by atoms with E-state index in [1.807, 2.05) is 24.8 Å². The molecule has 3 N–H and O–H groups in total. The molecule has 1 aliphatic carbocycles. The number of likely N-dealkylation sites (tertiary alicyclic amines) is 1. The fraction of sp³-hybridized carbons (Fsp3) is 0.385. The number of anilines is 1. The fourth-order valence-electron chi connectivity index (χ4n) is 4.90. The highest BCUT2D eigenvalue weighted by Crippen LogP contribution is 2.46. The van der Waals surface area contributed by atoms with Gasteiger partial charge in [0.1, 0.15) is 5.82 Å². The number of nitrogen functional groups attached to an aromatic ring is 1. The lowest BCUT2D eigenvalue weighted by Crippen LogP contribution is -2.28. The molecule has 8 heteroatoms. The van der Waals surface area contributed by atoms with Crippen molar-refractivity contribution < 1.29 is 9.59 Å². The van der Waals surface area contributed by atoms with E-state index >= 15 is 0 Å². The fourth-order valence-corrected chi connectivity index (χ4v) is 4.90. The number of benzene rings is 1. The molecule has 3 aromatic rings. The molecule has 34 heavy (non-hydrogen) atoms. The van der Waals surface area contributed by atoms with Gasteiger partial charge in [-0.05, 0) is 61.4 Å². The van der Waals surface area contributed by atoms with Gasteiger partial charge in [-0.15, -0.1) is 0 Å². The second-order valence-corrected chi connectivity index (χ2v) is 9.61. The molecule has 5 rings (SSSR count). The normalized spacial score (nSPS) is 19.7. The lowest BCUT2D eigenvalue weighted by atomic mass is 10.0. The third-order valence-corrected chi connectivity index (χ3v) is 6.98. The maximum atomic E-state index is 12.7. The number of fused-ring (bicyclic) bond motifs is 1. The number of nitrogens with zero attached hydrogens (tertiary/aromatic N) is 4. The summed E-state index contributed by atoms with van der Waals surface area (Å²) in [6.07, 6.45) is 4.42. The van der Waals surface area contributed by atoms with Crippen LogP contribution in [-0.2, 0) is 17.9 Å². The molecule has 2 amide bonds. The number of carbonyl (C=O) groups excluding carboxylic acids is 2. The molecule has 1 aliphatic heterocycles. The summed E-state index contributed by atoms with van der Waals surface area (Å²) in [7, 11) is 0. The monoisotopic (exact) mass is 458 g/mol. The summed E-state index contributed by atoms with van der Waals surface area (Å²) < 4.78 is 1.77. The highest BCUT2D eigenvalue weighted by molar-refractivity contribution is 5.94. The maximum absolute atomic E-state index is 12.7. The van der Waals surface area contributed by atoms with E-state index in [4.69, 9.17) is 5.73 Å². The van der Waals surface area contributed by atoms with Gasteiger partial charge in [-0.25, -0.2) is 4.98 Å². The highest BCUT2D eigenvalue weighted by atomic mass is 16.2. The molecule has 2 fully saturated rings. The van der Waals surface area contributed by atoms with E-state index in [0.29, 0.717) is 42.2 Å². The van der Waals surface area contributed by atoms with Crippen LogP contribution in [0.5, 0.6) is 0 Å². The molecule has 2 aromatic heterocycles. The highest BCUT2D eigenvalue weighted by Gasteiger charge is 2.51. The van der Waals surface area contributed by atoms with Gasteiger partial charge in [0.05, 0.1) is 24.3 Å². The number of carbonyl (C=O) groups is 2. The minimum atomic E-state index is -0.201. The molecule has 0 spiro atoms. The van der Waals surface area contributed by atoms with Crippen molar-refractivity contribution in [1.29, 1.82) is 0 Å². The zero-order valence-electron chi connectivity index (χ0n) is 19.8. The van der Waals surface area contributed by atoms with Crippen LogP contribution in [0.2, 0.25) is 0 Å². The number of aromatic nitrogens is 3. The lowest BCUT2D eigenvalue weighted by Gasteiger charge is -2.20. The molecule has 8 nitrogen and oxygen atoms in total. The minimum Gasteiger partial charge on any atom is -0.384 e. The standard InChI is InChI=1S/C26H30N6O2/c1-15-8-18(4-5-19(15)12-31-13-20-9-23(20)26(31)34)11-32-14-21(10-28-32)25(33)30-17(3)22-6-7-24(27)29-16(22)2/h4-8,10,14,17,20,23H,9,11-13H2,1-3H3,(H2,27,29)(H,30,33). The van der Waals surface area contributed by atoms with E-state index < -0.39 is 0 Å². The van der Waals surface area contributed by atoms with Gasteiger partial charge >= 0.3 is 0 Å². The molecule has 1 aromatic carbocycles. The van der Waals surface area contributed by atoms with Crippen LogP contribution in [0.1, 0.15) is 57.7 Å². The number of nitrogens with one attached hydrogen (secondary N) is 1. The van der Waals surface area contributed by atoms with Gasteiger partial charge in [-0.1, -0.05) is 24.3 Å². The summed E-state index contributed by atoms with van der Waals surface area (Å²) in [4.78, 5) is 31.3. The molecular formula is C26H30N6O2. The first-order valence-electron chi connectivity index (χ1n) is 11.7. The molecule has 1 saturated heterocycles. The first kappa shape index (κ1) is 22.1. The second-order valence-electron chi connectivity index (χ2n) is 9.61. The van der Waals surface area contributed by atoms with Crippen molar-refractivity contribution in [3.63, 3.8) is 0 Å². The van der Waals surface area contributed by atoms with Crippen molar-refractivity contribution in [2.24, 2.45) is 11.8 Å². The third-order valence-electron chi connectivity index (χ3n) is 6.98. The van der Waals surface area contributed by atoms with Crippen LogP contribution in [0.15, 0.2) is 42.7 Å². The molecule has 0 radical (unpaired) electrons. The van der Waals surface area contributed by atoms with Gasteiger partial charge in [-0.2, -0.15) is 5.10 Å². The Labute approximate surface area is 199 Å².